The van der Waals surface area contributed by atoms with Crippen LogP contribution in [0.3, 0.4) is 0 Å². The molecule has 1 aromatic rings. The standard InChI is InChI=1S/C12H15ClF2N2O/c1-3-12(16,4-2)11(18)17-10-8(13)5-7(14)6-9(10)15/h5-6H,3-4,16H2,1-2H3,(H,17,18). The van der Waals surface area contributed by atoms with Gasteiger partial charge in [-0.25, -0.2) is 8.78 Å². The Bertz CT molecular complexity index is 438. The van der Waals surface area contributed by atoms with Gasteiger partial charge in [0.05, 0.1) is 16.2 Å². The van der Waals surface area contributed by atoms with E-state index in [2.05, 4.69) is 5.32 Å². The van der Waals surface area contributed by atoms with Crippen LogP contribution in [0.4, 0.5) is 14.5 Å². The molecule has 0 saturated heterocycles. The zero-order chi connectivity index (χ0) is 13.9. The number of hydrogen-bond donors (Lipinski definition) is 2. The highest BCUT2D eigenvalue weighted by molar-refractivity contribution is 6.33. The predicted octanol–water partition coefficient (Wildman–Crippen LogP) is 3.07. The van der Waals surface area contributed by atoms with Crippen molar-refractivity contribution in [1.82, 2.24) is 0 Å². The lowest BCUT2D eigenvalue weighted by molar-refractivity contribution is -0.121. The van der Waals surface area contributed by atoms with Crippen LogP contribution in [0.15, 0.2) is 12.1 Å². The second-order valence-electron chi connectivity index (χ2n) is 4.06. The molecule has 0 heterocycles. The number of nitrogens with one attached hydrogen (secondary N) is 1. The van der Waals surface area contributed by atoms with E-state index in [1.54, 1.807) is 13.8 Å². The topological polar surface area (TPSA) is 55.1 Å². The van der Waals surface area contributed by atoms with Crippen LogP contribution in [0.1, 0.15) is 26.7 Å². The quantitative estimate of drug-likeness (QED) is 0.888. The van der Waals surface area contributed by atoms with Gasteiger partial charge in [-0.05, 0) is 18.9 Å². The van der Waals surface area contributed by atoms with E-state index < -0.39 is 23.1 Å². The molecule has 0 aromatic heterocycles. The second kappa shape index (κ2) is 5.63. The fourth-order valence-corrected chi connectivity index (χ4v) is 1.71. The molecule has 6 heteroatoms. The van der Waals surface area contributed by atoms with Crippen molar-refractivity contribution in [3.05, 3.63) is 28.8 Å². The van der Waals surface area contributed by atoms with Crippen LogP contribution in [-0.2, 0) is 4.79 Å². The van der Waals surface area contributed by atoms with Crippen LogP contribution >= 0.6 is 11.6 Å². The summed E-state index contributed by atoms with van der Waals surface area (Å²) in [6.07, 6.45) is 0.797. The normalized spacial score (nSPS) is 11.4. The molecule has 3 nitrogen and oxygen atoms in total. The van der Waals surface area contributed by atoms with Gasteiger partial charge in [-0.1, -0.05) is 25.4 Å². The van der Waals surface area contributed by atoms with Crippen LogP contribution < -0.4 is 11.1 Å². The average Bonchev–Trinajstić information content (AvgIpc) is 2.32. The van der Waals surface area contributed by atoms with Gasteiger partial charge in [0.15, 0.2) is 5.82 Å². The molecular formula is C12H15ClF2N2O. The molecule has 0 unspecified atom stereocenters. The summed E-state index contributed by atoms with van der Waals surface area (Å²) in [6, 6.07) is 1.58. The first-order chi connectivity index (χ1) is 8.34. The lowest BCUT2D eigenvalue weighted by Crippen LogP contribution is -2.50. The van der Waals surface area contributed by atoms with Gasteiger partial charge in [-0.2, -0.15) is 0 Å². The summed E-state index contributed by atoms with van der Waals surface area (Å²) in [5.74, 6) is -2.27. The van der Waals surface area contributed by atoms with E-state index >= 15 is 0 Å². The molecule has 0 atom stereocenters. The molecule has 0 radical (unpaired) electrons. The molecule has 100 valence electrons. The zero-order valence-corrected chi connectivity index (χ0v) is 10.9. The number of halogens is 3. The summed E-state index contributed by atoms with van der Waals surface area (Å²) in [7, 11) is 0. The fourth-order valence-electron chi connectivity index (χ4n) is 1.47. The Morgan fingerprint density at radius 2 is 1.94 bits per heavy atom. The zero-order valence-electron chi connectivity index (χ0n) is 10.2. The number of hydrogen-bond acceptors (Lipinski definition) is 2. The van der Waals surface area contributed by atoms with Crippen LogP contribution in [0, 0.1) is 11.6 Å². The molecule has 0 aliphatic heterocycles. The largest absolute Gasteiger partial charge is 0.321 e. The molecule has 18 heavy (non-hydrogen) atoms. The summed E-state index contributed by atoms with van der Waals surface area (Å²) < 4.78 is 26.3. The average molecular weight is 277 g/mol. The van der Waals surface area contributed by atoms with Crippen LogP contribution in [0.25, 0.3) is 0 Å². The maximum Gasteiger partial charge on any atom is 0.244 e. The van der Waals surface area contributed by atoms with Crippen molar-refractivity contribution in [3.8, 4) is 0 Å². The Morgan fingerprint density at radius 1 is 1.39 bits per heavy atom. The Morgan fingerprint density at radius 3 is 2.39 bits per heavy atom. The van der Waals surface area contributed by atoms with Crippen LogP contribution in [0.5, 0.6) is 0 Å². The van der Waals surface area contributed by atoms with Gasteiger partial charge >= 0.3 is 0 Å². The summed E-state index contributed by atoms with van der Waals surface area (Å²) in [5.41, 5.74) is 4.52. The molecule has 0 fully saturated rings. The van der Waals surface area contributed by atoms with Crippen LogP contribution in [0.2, 0.25) is 5.02 Å². The van der Waals surface area contributed by atoms with Gasteiger partial charge < -0.3 is 11.1 Å². The van der Waals surface area contributed by atoms with Crippen molar-refractivity contribution in [3.63, 3.8) is 0 Å². The number of benzene rings is 1. The Kier molecular flexibility index (Phi) is 4.65. The Labute approximate surface area is 109 Å². The van der Waals surface area contributed by atoms with E-state index in [0.29, 0.717) is 18.9 Å². The molecule has 0 aliphatic rings. The van der Waals surface area contributed by atoms with Crippen molar-refractivity contribution in [2.24, 2.45) is 5.73 Å². The Balaban J connectivity index is 3.02. The molecule has 0 saturated carbocycles. The van der Waals surface area contributed by atoms with Gasteiger partial charge in [0.25, 0.3) is 0 Å². The maximum absolute atomic E-state index is 13.5. The number of anilines is 1. The first-order valence-corrected chi connectivity index (χ1v) is 5.96. The molecule has 0 aliphatic carbocycles. The predicted molar refractivity (Wildman–Crippen MR) is 67.5 cm³/mol. The molecular weight excluding hydrogens is 262 g/mol. The highest BCUT2D eigenvalue weighted by atomic mass is 35.5. The minimum Gasteiger partial charge on any atom is -0.321 e. The number of nitrogens with two attached hydrogens (primary N) is 1. The van der Waals surface area contributed by atoms with Crippen molar-refractivity contribution in [1.29, 1.82) is 0 Å². The molecule has 1 aromatic carbocycles. The lowest BCUT2D eigenvalue weighted by Gasteiger charge is -2.25. The summed E-state index contributed by atoms with van der Waals surface area (Å²) in [5, 5.41) is 2.11. The van der Waals surface area contributed by atoms with Crippen LogP contribution in [-0.4, -0.2) is 11.4 Å². The van der Waals surface area contributed by atoms with Crippen molar-refractivity contribution in [2.75, 3.05) is 5.32 Å². The molecule has 0 bridgehead atoms. The van der Waals surface area contributed by atoms with Gasteiger partial charge in [0.1, 0.15) is 5.82 Å². The van der Waals surface area contributed by atoms with Gasteiger partial charge in [0.2, 0.25) is 5.91 Å². The van der Waals surface area contributed by atoms with E-state index in [1.807, 2.05) is 0 Å². The van der Waals surface area contributed by atoms with Crippen molar-refractivity contribution < 1.29 is 13.6 Å². The lowest BCUT2D eigenvalue weighted by atomic mass is 9.93. The van der Waals surface area contributed by atoms with Gasteiger partial charge in [-0.3, -0.25) is 4.79 Å². The summed E-state index contributed by atoms with van der Waals surface area (Å²) >= 11 is 5.68. The number of carbonyl (C=O) groups is 1. The Hall–Kier alpha value is -1.20. The second-order valence-corrected chi connectivity index (χ2v) is 4.47. The van der Waals surface area contributed by atoms with Gasteiger partial charge in [-0.15, -0.1) is 0 Å². The first-order valence-electron chi connectivity index (χ1n) is 5.59. The molecule has 0 spiro atoms. The maximum atomic E-state index is 13.5. The first kappa shape index (κ1) is 14.9. The van der Waals surface area contributed by atoms with Gasteiger partial charge in [0, 0.05) is 6.07 Å². The minimum atomic E-state index is -1.09. The van der Waals surface area contributed by atoms with E-state index in [0.717, 1.165) is 6.07 Å². The third-order valence-electron chi connectivity index (χ3n) is 2.96. The molecule has 1 rings (SSSR count). The SMILES string of the molecule is CCC(N)(CC)C(=O)Nc1c(F)cc(F)cc1Cl. The summed E-state index contributed by atoms with van der Waals surface area (Å²) in [6.45, 7) is 3.51. The van der Waals surface area contributed by atoms with E-state index in [-0.39, 0.29) is 10.7 Å². The van der Waals surface area contributed by atoms with E-state index in [1.165, 1.54) is 0 Å². The molecule has 1 amide bonds. The smallest absolute Gasteiger partial charge is 0.244 e. The number of carbonyl (C=O) groups excluding carboxylic acids is 1. The minimum absolute atomic E-state index is 0.199. The van der Waals surface area contributed by atoms with Crippen molar-refractivity contribution in [2.45, 2.75) is 32.2 Å². The monoisotopic (exact) mass is 276 g/mol. The van der Waals surface area contributed by atoms with E-state index in [9.17, 15) is 13.6 Å². The summed E-state index contributed by atoms with van der Waals surface area (Å²) in [4.78, 5) is 11.9. The number of amides is 1. The molecule has 3 N–H and O–H groups in total. The highest BCUT2D eigenvalue weighted by Crippen LogP contribution is 2.27. The fraction of sp³-hybridized carbons (Fsp3) is 0.417. The third kappa shape index (κ3) is 2.97. The number of rotatable bonds is 4. The highest BCUT2D eigenvalue weighted by Gasteiger charge is 2.31. The third-order valence-corrected chi connectivity index (χ3v) is 3.26. The van der Waals surface area contributed by atoms with Crippen molar-refractivity contribution >= 4 is 23.2 Å². The van der Waals surface area contributed by atoms with E-state index in [4.69, 9.17) is 17.3 Å².